The van der Waals surface area contributed by atoms with Crippen LogP contribution in [0.3, 0.4) is 0 Å². The smallest absolute Gasteiger partial charge is 0.335 e. The normalized spacial score (nSPS) is 18.8. The van der Waals surface area contributed by atoms with Crippen molar-refractivity contribution in [3.05, 3.63) is 47.5 Å². The molecule has 1 aromatic rings. The first kappa shape index (κ1) is 21.7. The summed E-state index contributed by atoms with van der Waals surface area (Å²) in [5.74, 6) is 5.30. The quantitative estimate of drug-likeness (QED) is 0.533. The zero-order valence-corrected chi connectivity index (χ0v) is 16.6. The highest BCUT2D eigenvalue weighted by atomic mass is 16.4. The lowest BCUT2D eigenvalue weighted by atomic mass is 10.00. The van der Waals surface area contributed by atoms with Crippen LogP contribution < -0.4 is 0 Å². The third-order valence-corrected chi connectivity index (χ3v) is 5.06. The van der Waals surface area contributed by atoms with Crippen molar-refractivity contribution in [2.24, 2.45) is 5.92 Å². The van der Waals surface area contributed by atoms with Crippen molar-refractivity contribution in [3.8, 4) is 11.8 Å². The van der Waals surface area contributed by atoms with Gasteiger partial charge in [-0.3, -0.25) is 4.79 Å². The molecule has 3 atom stereocenters. The molecule has 1 aliphatic rings. The Kier molecular flexibility index (Phi) is 8.28. The highest BCUT2D eigenvalue weighted by Crippen LogP contribution is 2.21. The fourth-order valence-electron chi connectivity index (χ4n) is 3.22. The Bertz CT molecular complexity index is 757. The summed E-state index contributed by atoms with van der Waals surface area (Å²) in [4.78, 5) is 25.0. The third kappa shape index (κ3) is 6.24. The standard InChI is InChI=1S/C23H29NO4/c1-3-4-5-6-17(2)21(25)13-11-20-12-14-22(26)24(20)16-15-18-7-9-19(10-8-18)23(27)28/h7-11,13,17,20-21,25H,3,6,12,14-16H2,1-2H3,(H,27,28)/b13-11+/t17-,20-,21+/m0/s1. The van der Waals surface area contributed by atoms with Crippen molar-refractivity contribution < 1.29 is 19.8 Å². The highest BCUT2D eigenvalue weighted by molar-refractivity contribution is 5.87. The molecule has 0 bridgehead atoms. The Balaban J connectivity index is 1.92. The van der Waals surface area contributed by atoms with Crippen molar-refractivity contribution in [1.29, 1.82) is 0 Å². The van der Waals surface area contributed by atoms with Crippen LogP contribution in [0.5, 0.6) is 0 Å². The number of carbonyl (C=O) groups is 2. The minimum absolute atomic E-state index is 0.00521. The van der Waals surface area contributed by atoms with Crippen molar-refractivity contribution in [1.82, 2.24) is 4.90 Å². The maximum absolute atomic E-state index is 12.2. The van der Waals surface area contributed by atoms with E-state index in [9.17, 15) is 14.7 Å². The molecule has 1 aliphatic heterocycles. The number of benzene rings is 1. The molecule has 150 valence electrons. The van der Waals surface area contributed by atoms with Crippen LogP contribution in [-0.2, 0) is 11.2 Å². The molecule has 1 saturated heterocycles. The van der Waals surface area contributed by atoms with E-state index in [1.165, 1.54) is 0 Å². The molecule has 0 saturated carbocycles. The molecule has 1 heterocycles. The van der Waals surface area contributed by atoms with Gasteiger partial charge in [-0.15, -0.1) is 11.8 Å². The zero-order chi connectivity index (χ0) is 20.5. The second kappa shape index (κ2) is 10.7. The van der Waals surface area contributed by atoms with Crippen LogP contribution in [0.1, 0.15) is 55.5 Å². The van der Waals surface area contributed by atoms with Gasteiger partial charge in [0.1, 0.15) is 0 Å². The third-order valence-electron chi connectivity index (χ3n) is 5.06. The molecule has 1 aromatic carbocycles. The number of carbonyl (C=O) groups excluding carboxylic acids is 1. The van der Waals surface area contributed by atoms with Gasteiger partial charge in [0.15, 0.2) is 0 Å². The molecule has 1 amide bonds. The van der Waals surface area contributed by atoms with E-state index in [1.807, 2.05) is 24.8 Å². The summed E-state index contributed by atoms with van der Waals surface area (Å²) in [6.45, 7) is 4.55. The van der Waals surface area contributed by atoms with Gasteiger partial charge >= 0.3 is 5.97 Å². The molecule has 0 aliphatic carbocycles. The lowest BCUT2D eigenvalue weighted by Gasteiger charge is -2.23. The van der Waals surface area contributed by atoms with E-state index in [-0.39, 0.29) is 23.4 Å². The summed E-state index contributed by atoms with van der Waals surface area (Å²) in [6.07, 6.45) is 6.55. The Morgan fingerprint density at radius 2 is 2.04 bits per heavy atom. The number of rotatable bonds is 8. The first-order valence-electron chi connectivity index (χ1n) is 9.86. The summed E-state index contributed by atoms with van der Waals surface area (Å²) in [5, 5.41) is 19.3. The molecule has 0 aromatic heterocycles. The fraction of sp³-hybridized carbons (Fsp3) is 0.478. The van der Waals surface area contributed by atoms with Crippen molar-refractivity contribution in [2.75, 3.05) is 6.54 Å². The molecule has 2 N–H and O–H groups in total. The van der Waals surface area contributed by atoms with Crippen LogP contribution >= 0.6 is 0 Å². The van der Waals surface area contributed by atoms with Gasteiger partial charge in [-0.1, -0.05) is 38.1 Å². The number of aromatic carboxylic acids is 1. The van der Waals surface area contributed by atoms with Gasteiger partial charge < -0.3 is 15.1 Å². The van der Waals surface area contributed by atoms with E-state index in [0.717, 1.165) is 18.4 Å². The molecule has 0 unspecified atom stereocenters. The Morgan fingerprint density at radius 1 is 1.32 bits per heavy atom. The Morgan fingerprint density at radius 3 is 2.68 bits per heavy atom. The maximum Gasteiger partial charge on any atom is 0.335 e. The predicted octanol–water partition coefficient (Wildman–Crippen LogP) is 3.28. The number of aliphatic hydroxyl groups is 1. The number of carboxylic acids is 1. The largest absolute Gasteiger partial charge is 0.478 e. The summed E-state index contributed by atoms with van der Waals surface area (Å²) < 4.78 is 0. The molecule has 2 rings (SSSR count). The number of hydrogen-bond donors (Lipinski definition) is 2. The summed E-state index contributed by atoms with van der Waals surface area (Å²) in [5.41, 5.74) is 1.25. The van der Waals surface area contributed by atoms with Crippen molar-refractivity contribution in [2.45, 2.75) is 58.1 Å². The van der Waals surface area contributed by atoms with Crippen LogP contribution in [0, 0.1) is 17.8 Å². The van der Waals surface area contributed by atoms with E-state index in [2.05, 4.69) is 11.8 Å². The fourth-order valence-corrected chi connectivity index (χ4v) is 3.22. The second-order valence-electron chi connectivity index (χ2n) is 7.21. The van der Waals surface area contributed by atoms with Crippen LogP contribution in [0.15, 0.2) is 36.4 Å². The van der Waals surface area contributed by atoms with E-state index >= 15 is 0 Å². The topological polar surface area (TPSA) is 77.8 Å². The molecule has 28 heavy (non-hydrogen) atoms. The minimum atomic E-state index is -0.945. The van der Waals surface area contributed by atoms with Gasteiger partial charge in [-0.25, -0.2) is 4.79 Å². The molecule has 1 fully saturated rings. The van der Waals surface area contributed by atoms with Crippen molar-refractivity contribution >= 4 is 11.9 Å². The van der Waals surface area contributed by atoms with Crippen molar-refractivity contribution in [3.63, 3.8) is 0 Å². The molecular formula is C23H29NO4. The summed E-state index contributed by atoms with van der Waals surface area (Å²) in [6, 6.07) is 6.74. The zero-order valence-electron chi connectivity index (χ0n) is 16.6. The molecule has 5 nitrogen and oxygen atoms in total. The first-order valence-corrected chi connectivity index (χ1v) is 9.86. The van der Waals surface area contributed by atoms with E-state index in [4.69, 9.17) is 5.11 Å². The lowest BCUT2D eigenvalue weighted by Crippen LogP contribution is -2.34. The number of likely N-dealkylation sites (tertiary alicyclic amines) is 1. The minimum Gasteiger partial charge on any atom is -0.478 e. The average molecular weight is 383 g/mol. The number of aliphatic hydroxyl groups excluding tert-OH is 1. The van der Waals surface area contributed by atoms with Gasteiger partial charge in [-0.2, -0.15) is 0 Å². The Hall–Kier alpha value is -2.58. The van der Waals surface area contributed by atoms with Gasteiger partial charge in [0.05, 0.1) is 17.7 Å². The number of carboxylic acid groups (broad SMARTS) is 1. The highest BCUT2D eigenvalue weighted by Gasteiger charge is 2.28. The van der Waals surface area contributed by atoms with E-state index < -0.39 is 12.1 Å². The number of amides is 1. The van der Waals surface area contributed by atoms with Gasteiger partial charge in [-0.05, 0) is 36.5 Å². The monoisotopic (exact) mass is 383 g/mol. The number of hydrogen-bond acceptors (Lipinski definition) is 3. The van der Waals surface area contributed by atoms with E-state index in [1.54, 1.807) is 30.3 Å². The van der Waals surface area contributed by atoms with Crippen LogP contribution in [0.2, 0.25) is 0 Å². The van der Waals surface area contributed by atoms with Crippen LogP contribution in [0.25, 0.3) is 0 Å². The summed E-state index contributed by atoms with van der Waals surface area (Å²) >= 11 is 0. The molecule has 0 radical (unpaired) electrons. The van der Waals surface area contributed by atoms with Crippen LogP contribution in [0.4, 0.5) is 0 Å². The average Bonchev–Trinajstić information content (AvgIpc) is 3.04. The summed E-state index contributed by atoms with van der Waals surface area (Å²) in [7, 11) is 0. The Labute approximate surface area is 167 Å². The van der Waals surface area contributed by atoms with Gasteiger partial charge in [0.25, 0.3) is 0 Å². The number of nitrogens with zero attached hydrogens (tertiary/aromatic N) is 1. The van der Waals surface area contributed by atoms with Gasteiger partial charge in [0.2, 0.25) is 5.91 Å². The lowest BCUT2D eigenvalue weighted by molar-refractivity contribution is -0.128. The predicted molar refractivity (Wildman–Crippen MR) is 109 cm³/mol. The van der Waals surface area contributed by atoms with Crippen LogP contribution in [-0.4, -0.2) is 45.7 Å². The SMILES string of the molecule is CCC#CC[C@H](C)[C@H](O)/C=C/[C@H]1CCC(=O)N1CCc1ccc(C(=O)O)cc1. The first-order chi connectivity index (χ1) is 13.4. The molecule has 0 spiro atoms. The van der Waals surface area contributed by atoms with E-state index in [0.29, 0.717) is 25.8 Å². The molecule has 5 heteroatoms. The maximum atomic E-state index is 12.2. The second-order valence-corrected chi connectivity index (χ2v) is 7.21. The molecular weight excluding hydrogens is 354 g/mol. The van der Waals surface area contributed by atoms with Gasteiger partial charge in [0, 0.05) is 25.8 Å².